The molecule has 4 aromatic rings. The second-order valence-corrected chi connectivity index (χ2v) is 9.01. The van der Waals surface area contributed by atoms with Crippen LogP contribution in [0.3, 0.4) is 0 Å². The fraction of sp³-hybridized carbons (Fsp3) is 0.231. The van der Waals surface area contributed by atoms with Crippen molar-refractivity contribution in [1.82, 2.24) is 15.3 Å². The molecule has 9 heteroatoms. The summed E-state index contributed by atoms with van der Waals surface area (Å²) in [5.74, 6) is -0.0415. The maximum Gasteiger partial charge on any atom is 0.291 e. The predicted molar refractivity (Wildman–Crippen MR) is 134 cm³/mol. The zero-order valence-corrected chi connectivity index (χ0v) is 19.7. The fourth-order valence-electron chi connectivity index (χ4n) is 4.00. The molecule has 1 aliphatic heterocycles. The first-order chi connectivity index (χ1) is 17.2. The number of benzene rings is 2. The van der Waals surface area contributed by atoms with Crippen molar-refractivity contribution in [3.05, 3.63) is 83.9 Å². The molecule has 35 heavy (non-hydrogen) atoms. The standard InChI is InChI=1S/C26H24N4O4S/c31-24(29-15-17-7-5-14-33-17)19-9-1-3-10-21(19)30-25(32)23-20(16-35-26-27-12-6-13-28-26)18-8-2-4-11-22(18)34-23/h1-4,6,8-13,17H,5,7,14-16H2,(H,29,31)(H,30,32). The van der Waals surface area contributed by atoms with Gasteiger partial charge in [-0.2, -0.15) is 0 Å². The lowest BCUT2D eigenvalue weighted by atomic mass is 10.1. The largest absolute Gasteiger partial charge is 0.451 e. The molecule has 0 spiro atoms. The molecular formula is C26H24N4O4S. The van der Waals surface area contributed by atoms with E-state index in [0.717, 1.165) is 30.4 Å². The molecule has 1 unspecified atom stereocenters. The number of hydrogen-bond acceptors (Lipinski definition) is 7. The summed E-state index contributed by atoms with van der Waals surface area (Å²) >= 11 is 1.42. The first-order valence-corrected chi connectivity index (χ1v) is 12.4. The summed E-state index contributed by atoms with van der Waals surface area (Å²) in [6.07, 6.45) is 5.32. The number of para-hydroxylation sites is 2. The second kappa shape index (κ2) is 10.7. The number of carbonyl (C=O) groups is 2. The Labute approximate surface area is 206 Å². The molecule has 1 saturated heterocycles. The Bertz CT molecular complexity index is 1340. The van der Waals surface area contributed by atoms with Crippen LogP contribution in [0.1, 0.15) is 39.3 Å². The summed E-state index contributed by atoms with van der Waals surface area (Å²) < 4.78 is 11.5. The molecule has 1 atom stereocenters. The first-order valence-electron chi connectivity index (χ1n) is 11.4. The number of aromatic nitrogens is 2. The van der Waals surface area contributed by atoms with Crippen molar-refractivity contribution in [3.63, 3.8) is 0 Å². The van der Waals surface area contributed by atoms with Gasteiger partial charge in [-0.15, -0.1) is 0 Å². The van der Waals surface area contributed by atoms with Crippen molar-refractivity contribution in [1.29, 1.82) is 0 Å². The average molecular weight is 489 g/mol. The van der Waals surface area contributed by atoms with Crippen molar-refractivity contribution >= 4 is 40.2 Å². The molecule has 1 fully saturated rings. The maximum atomic E-state index is 13.4. The molecule has 5 rings (SSSR count). The van der Waals surface area contributed by atoms with Gasteiger partial charge in [0.1, 0.15) is 5.58 Å². The lowest BCUT2D eigenvalue weighted by molar-refractivity contribution is 0.0858. The van der Waals surface area contributed by atoms with Crippen LogP contribution in [0.4, 0.5) is 5.69 Å². The highest BCUT2D eigenvalue weighted by atomic mass is 32.2. The normalized spacial score (nSPS) is 15.3. The second-order valence-electron chi connectivity index (χ2n) is 8.07. The molecule has 2 amide bonds. The first kappa shape index (κ1) is 23.1. The molecular weight excluding hydrogens is 464 g/mol. The number of nitrogens with zero attached hydrogens (tertiary/aromatic N) is 2. The minimum atomic E-state index is -0.426. The van der Waals surface area contributed by atoms with Crippen molar-refractivity contribution in [3.8, 4) is 0 Å². The molecule has 8 nitrogen and oxygen atoms in total. The Hall–Kier alpha value is -3.69. The van der Waals surface area contributed by atoms with Gasteiger partial charge in [0, 0.05) is 42.2 Å². The lowest BCUT2D eigenvalue weighted by Gasteiger charge is -2.13. The number of ether oxygens (including phenoxy) is 1. The molecule has 0 bridgehead atoms. The van der Waals surface area contributed by atoms with E-state index in [1.54, 1.807) is 42.7 Å². The number of anilines is 1. The molecule has 0 aliphatic carbocycles. The van der Waals surface area contributed by atoms with E-state index in [1.165, 1.54) is 11.8 Å². The van der Waals surface area contributed by atoms with Crippen molar-refractivity contribution in [2.75, 3.05) is 18.5 Å². The van der Waals surface area contributed by atoms with E-state index in [4.69, 9.17) is 9.15 Å². The Kier molecular flexibility index (Phi) is 7.06. The number of fused-ring (bicyclic) bond motifs is 1. The number of rotatable bonds is 8. The molecule has 178 valence electrons. The summed E-state index contributed by atoms with van der Waals surface area (Å²) in [6.45, 7) is 1.16. The van der Waals surface area contributed by atoms with Gasteiger partial charge in [0.15, 0.2) is 10.9 Å². The van der Waals surface area contributed by atoms with E-state index in [0.29, 0.717) is 34.3 Å². The number of amides is 2. The Morgan fingerprint density at radius 2 is 1.80 bits per heavy atom. The van der Waals surface area contributed by atoms with Crippen LogP contribution in [-0.2, 0) is 10.5 Å². The smallest absolute Gasteiger partial charge is 0.291 e. The van der Waals surface area contributed by atoms with Crippen molar-refractivity contribution in [2.45, 2.75) is 29.9 Å². The third-order valence-corrected chi connectivity index (χ3v) is 6.63. The number of thioether (sulfide) groups is 1. The third-order valence-electron chi connectivity index (χ3n) is 5.73. The van der Waals surface area contributed by atoms with E-state index >= 15 is 0 Å². The van der Waals surface area contributed by atoms with Crippen LogP contribution in [0.5, 0.6) is 0 Å². The van der Waals surface area contributed by atoms with Crippen LogP contribution >= 0.6 is 11.8 Å². The van der Waals surface area contributed by atoms with Gasteiger partial charge in [0.2, 0.25) is 0 Å². The molecule has 0 saturated carbocycles. The van der Waals surface area contributed by atoms with E-state index in [-0.39, 0.29) is 17.8 Å². The molecule has 1 aliphatic rings. The predicted octanol–water partition coefficient (Wildman–Crippen LogP) is 4.68. The summed E-state index contributed by atoms with van der Waals surface area (Å²) in [7, 11) is 0. The quantitative estimate of drug-likeness (QED) is 0.274. The highest BCUT2D eigenvalue weighted by Gasteiger charge is 2.23. The summed E-state index contributed by atoms with van der Waals surface area (Å²) in [6, 6.07) is 16.2. The van der Waals surface area contributed by atoms with Gasteiger partial charge in [-0.1, -0.05) is 42.1 Å². The monoisotopic (exact) mass is 488 g/mol. The van der Waals surface area contributed by atoms with Crippen LogP contribution in [-0.4, -0.2) is 41.0 Å². The molecule has 3 heterocycles. The zero-order chi connectivity index (χ0) is 24.0. The fourth-order valence-corrected chi connectivity index (χ4v) is 4.83. The molecule has 2 aromatic heterocycles. The highest BCUT2D eigenvalue weighted by Crippen LogP contribution is 2.31. The summed E-state index contributed by atoms with van der Waals surface area (Å²) in [5, 5.41) is 7.24. The van der Waals surface area contributed by atoms with Gasteiger partial charge >= 0.3 is 0 Å². The maximum absolute atomic E-state index is 13.4. The third kappa shape index (κ3) is 5.36. The molecule has 2 aromatic carbocycles. The minimum Gasteiger partial charge on any atom is -0.451 e. The zero-order valence-electron chi connectivity index (χ0n) is 18.9. The van der Waals surface area contributed by atoms with Gasteiger partial charge < -0.3 is 19.8 Å². The molecule has 2 N–H and O–H groups in total. The topological polar surface area (TPSA) is 106 Å². The van der Waals surface area contributed by atoms with Gasteiger partial charge in [-0.25, -0.2) is 9.97 Å². The Morgan fingerprint density at radius 3 is 2.63 bits per heavy atom. The average Bonchev–Trinajstić information content (AvgIpc) is 3.55. The Morgan fingerprint density at radius 1 is 1.00 bits per heavy atom. The van der Waals surface area contributed by atoms with Gasteiger partial charge in [-0.05, 0) is 37.1 Å². The summed E-state index contributed by atoms with van der Waals surface area (Å²) in [4.78, 5) is 34.7. The number of furan rings is 1. The van der Waals surface area contributed by atoms with Gasteiger partial charge in [0.05, 0.1) is 17.4 Å². The van der Waals surface area contributed by atoms with Crippen molar-refractivity contribution in [2.24, 2.45) is 0 Å². The van der Waals surface area contributed by atoms with Gasteiger partial charge in [0.25, 0.3) is 11.8 Å². The molecule has 0 radical (unpaired) electrons. The van der Waals surface area contributed by atoms with Crippen LogP contribution in [0.2, 0.25) is 0 Å². The number of nitrogens with one attached hydrogen (secondary N) is 2. The SMILES string of the molecule is O=C(NCC1CCCO1)c1ccccc1NC(=O)c1oc2ccccc2c1CSc1ncccn1. The van der Waals surface area contributed by atoms with E-state index < -0.39 is 5.91 Å². The van der Waals surface area contributed by atoms with E-state index in [2.05, 4.69) is 20.6 Å². The number of hydrogen-bond donors (Lipinski definition) is 2. The van der Waals surface area contributed by atoms with E-state index in [1.807, 2.05) is 24.3 Å². The van der Waals surface area contributed by atoms with E-state index in [9.17, 15) is 9.59 Å². The van der Waals surface area contributed by atoms with Gasteiger partial charge in [-0.3, -0.25) is 9.59 Å². The van der Waals surface area contributed by atoms with Crippen molar-refractivity contribution < 1.29 is 18.7 Å². The van der Waals surface area contributed by atoms with Crippen LogP contribution in [0.15, 0.2) is 76.6 Å². The highest BCUT2D eigenvalue weighted by molar-refractivity contribution is 7.98. The summed E-state index contributed by atoms with van der Waals surface area (Å²) in [5.41, 5.74) is 2.15. The van der Waals surface area contributed by atoms with Crippen LogP contribution in [0, 0.1) is 0 Å². The number of carbonyl (C=O) groups excluding carboxylic acids is 2. The minimum absolute atomic E-state index is 0.0323. The Balaban J connectivity index is 1.36. The van der Waals surface area contributed by atoms with Crippen LogP contribution < -0.4 is 10.6 Å². The lowest BCUT2D eigenvalue weighted by Crippen LogP contribution is -2.32. The van der Waals surface area contributed by atoms with Crippen LogP contribution in [0.25, 0.3) is 11.0 Å².